The largest absolute Gasteiger partial charge is 0.326 e. The summed E-state index contributed by atoms with van der Waals surface area (Å²) in [6, 6.07) is 15.9. The molecule has 2 atom stereocenters. The van der Waals surface area contributed by atoms with Crippen molar-refractivity contribution in [2.45, 2.75) is 43.4 Å². The van der Waals surface area contributed by atoms with Gasteiger partial charge in [0.05, 0.1) is 5.25 Å². The SMILES string of the molecule is CC(=O)Nc1ccc(S[C@@H](C)C(=O)N2c3ccccc3C[C@H]2C)cc1. The van der Waals surface area contributed by atoms with E-state index in [1.54, 1.807) is 0 Å². The molecule has 0 spiro atoms. The molecular weight excluding hydrogens is 332 g/mol. The molecule has 0 aliphatic carbocycles. The molecule has 1 N–H and O–H groups in total. The molecule has 0 bridgehead atoms. The van der Waals surface area contributed by atoms with Gasteiger partial charge in [0.25, 0.3) is 0 Å². The number of carbonyl (C=O) groups excluding carboxylic acids is 2. The van der Waals surface area contributed by atoms with Crippen molar-refractivity contribution in [2.75, 3.05) is 10.2 Å². The fraction of sp³-hybridized carbons (Fsp3) is 0.300. The molecule has 0 saturated heterocycles. The lowest BCUT2D eigenvalue weighted by Crippen LogP contribution is -2.40. The third-order valence-electron chi connectivity index (χ3n) is 4.28. The topological polar surface area (TPSA) is 49.4 Å². The fourth-order valence-corrected chi connectivity index (χ4v) is 4.09. The van der Waals surface area contributed by atoms with Gasteiger partial charge < -0.3 is 10.2 Å². The van der Waals surface area contributed by atoms with Crippen LogP contribution in [0, 0.1) is 0 Å². The molecule has 2 amide bonds. The molecule has 2 aromatic rings. The Hall–Kier alpha value is -2.27. The highest BCUT2D eigenvalue weighted by Gasteiger charge is 2.33. The van der Waals surface area contributed by atoms with Crippen molar-refractivity contribution in [3.8, 4) is 0 Å². The summed E-state index contributed by atoms with van der Waals surface area (Å²) in [5.41, 5.74) is 3.03. The van der Waals surface area contributed by atoms with Gasteiger partial charge in [-0.3, -0.25) is 9.59 Å². The van der Waals surface area contributed by atoms with Crippen LogP contribution in [0.15, 0.2) is 53.4 Å². The van der Waals surface area contributed by atoms with Crippen LogP contribution in [0.25, 0.3) is 0 Å². The number of nitrogens with one attached hydrogen (secondary N) is 1. The van der Waals surface area contributed by atoms with Crippen LogP contribution in [-0.2, 0) is 16.0 Å². The maximum absolute atomic E-state index is 13.0. The second kappa shape index (κ2) is 7.31. The number of anilines is 2. The van der Waals surface area contributed by atoms with Crippen molar-refractivity contribution in [3.63, 3.8) is 0 Å². The average Bonchev–Trinajstić information content (AvgIpc) is 2.91. The molecule has 0 radical (unpaired) electrons. The standard InChI is InChI=1S/C20H22N2O2S/c1-13-12-16-6-4-5-7-19(16)22(13)20(24)14(2)25-18-10-8-17(9-11-18)21-15(3)23/h4-11,13-14H,12H2,1-3H3,(H,21,23)/t13-,14+/m1/s1. The first-order chi connectivity index (χ1) is 12.0. The minimum absolute atomic E-state index is 0.0920. The number of amides is 2. The normalized spacial score (nSPS) is 17.1. The third kappa shape index (κ3) is 3.87. The highest BCUT2D eigenvalue weighted by atomic mass is 32.2. The van der Waals surface area contributed by atoms with Crippen molar-refractivity contribution in [1.29, 1.82) is 0 Å². The van der Waals surface area contributed by atoms with E-state index in [1.807, 2.05) is 54.3 Å². The second-order valence-electron chi connectivity index (χ2n) is 6.36. The van der Waals surface area contributed by atoms with Gasteiger partial charge in [-0.15, -0.1) is 11.8 Å². The summed E-state index contributed by atoms with van der Waals surface area (Å²) >= 11 is 1.54. The first-order valence-corrected chi connectivity index (χ1v) is 9.29. The van der Waals surface area contributed by atoms with E-state index in [-0.39, 0.29) is 23.1 Å². The zero-order chi connectivity index (χ0) is 18.0. The zero-order valence-electron chi connectivity index (χ0n) is 14.7. The van der Waals surface area contributed by atoms with Crippen LogP contribution >= 0.6 is 11.8 Å². The molecule has 5 heteroatoms. The van der Waals surface area contributed by atoms with Crippen LogP contribution in [0.4, 0.5) is 11.4 Å². The number of nitrogens with zero attached hydrogens (tertiary/aromatic N) is 1. The van der Waals surface area contributed by atoms with Crippen LogP contribution in [0.1, 0.15) is 26.3 Å². The Kier molecular flexibility index (Phi) is 5.13. The Morgan fingerprint density at radius 3 is 2.52 bits per heavy atom. The molecule has 4 nitrogen and oxygen atoms in total. The van der Waals surface area contributed by atoms with Crippen LogP contribution in [0.5, 0.6) is 0 Å². The van der Waals surface area contributed by atoms with Crippen LogP contribution in [0.2, 0.25) is 0 Å². The molecule has 1 aliphatic rings. The summed E-state index contributed by atoms with van der Waals surface area (Å²) in [6.45, 7) is 5.53. The van der Waals surface area contributed by atoms with Gasteiger partial charge in [0, 0.05) is 29.2 Å². The smallest absolute Gasteiger partial charge is 0.240 e. The second-order valence-corrected chi connectivity index (χ2v) is 7.77. The number of hydrogen-bond donors (Lipinski definition) is 1. The van der Waals surface area contributed by atoms with Gasteiger partial charge in [0.2, 0.25) is 11.8 Å². The first kappa shape index (κ1) is 17.5. The molecule has 130 valence electrons. The first-order valence-electron chi connectivity index (χ1n) is 8.41. The van der Waals surface area contributed by atoms with Crippen LogP contribution in [0.3, 0.4) is 0 Å². The van der Waals surface area contributed by atoms with E-state index < -0.39 is 0 Å². The molecule has 25 heavy (non-hydrogen) atoms. The number of para-hydroxylation sites is 1. The number of carbonyl (C=O) groups is 2. The maximum atomic E-state index is 13.0. The summed E-state index contributed by atoms with van der Waals surface area (Å²) in [5, 5.41) is 2.57. The van der Waals surface area contributed by atoms with Gasteiger partial charge in [-0.1, -0.05) is 18.2 Å². The summed E-state index contributed by atoms with van der Waals surface area (Å²) in [5.74, 6) is 0.0408. The molecule has 3 rings (SSSR count). The van der Waals surface area contributed by atoms with E-state index in [2.05, 4.69) is 18.3 Å². The van der Waals surface area contributed by atoms with Crippen LogP contribution in [-0.4, -0.2) is 23.1 Å². The zero-order valence-corrected chi connectivity index (χ0v) is 15.5. The molecule has 2 aromatic carbocycles. The Bertz CT molecular complexity index is 789. The van der Waals surface area contributed by atoms with Crippen molar-refractivity contribution in [2.24, 2.45) is 0 Å². The molecule has 1 aliphatic heterocycles. The number of hydrogen-bond acceptors (Lipinski definition) is 3. The van der Waals surface area contributed by atoms with E-state index in [4.69, 9.17) is 0 Å². The number of thioether (sulfide) groups is 1. The summed E-state index contributed by atoms with van der Waals surface area (Å²) in [6.07, 6.45) is 0.907. The molecular formula is C20H22N2O2S. The predicted molar refractivity (Wildman–Crippen MR) is 103 cm³/mol. The van der Waals surface area contributed by atoms with E-state index in [1.165, 1.54) is 24.2 Å². The van der Waals surface area contributed by atoms with Gasteiger partial charge in [-0.2, -0.15) is 0 Å². The lowest BCUT2D eigenvalue weighted by Gasteiger charge is -2.26. The number of fused-ring (bicyclic) bond motifs is 1. The Morgan fingerprint density at radius 2 is 1.84 bits per heavy atom. The molecule has 0 saturated carbocycles. The van der Waals surface area contributed by atoms with Crippen molar-refractivity contribution in [1.82, 2.24) is 0 Å². The fourth-order valence-electron chi connectivity index (χ4n) is 3.17. The molecule has 0 aromatic heterocycles. The quantitative estimate of drug-likeness (QED) is 0.841. The number of benzene rings is 2. The van der Waals surface area contributed by atoms with Crippen molar-refractivity contribution >= 4 is 35.0 Å². The Labute approximate surface area is 152 Å². The minimum atomic E-state index is -0.180. The Balaban J connectivity index is 1.70. The van der Waals surface area contributed by atoms with Crippen LogP contribution < -0.4 is 10.2 Å². The minimum Gasteiger partial charge on any atom is -0.326 e. The maximum Gasteiger partial charge on any atom is 0.240 e. The lowest BCUT2D eigenvalue weighted by atomic mass is 10.1. The van der Waals surface area contributed by atoms with Gasteiger partial charge in [-0.05, 0) is 56.2 Å². The highest BCUT2D eigenvalue weighted by molar-refractivity contribution is 8.00. The van der Waals surface area contributed by atoms with E-state index in [0.717, 1.165) is 22.7 Å². The van der Waals surface area contributed by atoms with E-state index >= 15 is 0 Å². The number of rotatable bonds is 4. The molecule has 0 unspecified atom stereocenters. The highest BCUT2D eigenvalue weighted by Crippen LogP contribution is 2.35. The summed E-state index contributed by atoms with van der Waals surface area (Å²) in [7, 11) is 0. The van der Waals surface area contributed by atoms with E-state index in [9.17, 15) is 9.59 Å². The van der Waals surface area contributed by atoms with Gasteiger partial charge in [0.15, 0.2) is 0 Å². The van der Waals surface area contributed by atoms with Gasteiger partial charge in [-0.25, -0.2) is 0 Å². The van der Waals surface area contributed by atoms with Gasteiger partial charge in [0.1, 0.15) is 0 Å². The molecule has 1 heterocycles. The van der Waals surface area contributed by atoms with Crippen molar-refractivity contribution in [3.05, 3.63) is 54.1 Å². The summed E-state index contributed by atoms with van der Waals surface area (Å²) in [4.78, 5) is 27.0. The average molecular weight is 354 g/mol. The summed E-state index contributed by atoms with van der Waals surface area (Å²) < 4.78 is 0. The Morgan fingerprint density at radius 1 is 1.16 bits per heavy atom. The monoisotopic (exact) mass is 354 g/mol. The lowest BCUT2D eigenvalue weighted by molar-refractivity contribution is -0.118. The van der Waals surface area contributed by atoms with Gasteiger partial charge >= 0.3 is 0 Å². The van der Waals surface area contributed by atoms with E-state index in [0.29, 0.717) is 0 Å². The molecule has 0 fully saturated rings. The van der Waals surface area contributed by atoms with Crippen molar-refractivity contribution < 1.29 is 9.59 Å². The predicted octanol–water partition coefficient (Wildman–Crippen LogP) is 4.10. The third-order valence-corrected chi connectivity index (χ3v) is 5.38.